The van der Waals surface area contributed by atoms with E-state index in [1.54, 1.807) is 0 Å². The molecule has 0 aromatic heterocycles. The van der Waals surface area contributed by atoms with Gasteiger partial charge in [-0.2, -0.15) is 0 Å². The first-order valence-electron chi connectivity index (χ1n) is 6.62. The Balaban J connectivity index is 1.94. The highest BCUT2D eigenvalue weighted by Crippen LogP contribution is 2.29. The summed E-state index contributed by atoms with van der Waals surface area (Å²) in [6.07, 6.45) is 5.49. The fourth-order valence-electron chi connectivity index (χ4n) is 2.90. The zero-order valence-corrected chi connectivity index (χ0v) is 10.4. The lowest BCUT2D eigenvalue weighted by molar-refractivity contribution is 0.360. The molecule has 0 heterocycles. The van der Waals surface area contributed by atoms with Gasteiger partial charge in [-0.1, -0.05) is 50.1 Å². The van der Waals surface area contributed by atoms with Crippen LogP contribution in [0.3, 0.4) is 0 Å². The van der Waals surface area contributed by atoms with Crippen LogP contribution in [0.5, 0.6) is 0 Å². The molecule has 1 saturated carbocycles. The molecule has 3 atom stereocenters. The number of nitrogens with one attached hydrogen (secondary N) is 1. The zero-order valence-electron chi connectivity index (χ0n) is 10.4. The minimum atomic E-state index is 0.485. The molecule has 2 rings (SSSR count). The van der Waals surface area contributed by atoms with Crippen LogP contribution in [0.4, 0.5) is 0 Å². The lowest BCUT2D eigenvalue weighted by Gasteiger charge is -2.24. The summed E-state index contributed by atoms with van der Waals surface area (Å²) in [4.78, 5) is 0. The minimum Gasteiger partial charge on any atom is -0.307 e. The van der Waals surface area contributed by atoms with Gasteiger partial charge in [0.25, 0.3) is 0 Å². The summed E-state index contributed by atoms with van der Waals surface area (Å²) in [5.74, 6) is 0.895. The van der Waals surface area contributed by atoms with Gasteiger partial charge in [0.2, 0.25) is 0 Å². The van der Waals surface area contributed by atoms with Gasteiger partial charge in [0.05, 0.1) is 0 Å². The minimum absolute atomic E-state index is 0.485. The SMILES string of the molecule is CC[C@H]1CCC[C@H]1N[C@H](C)c1ccccc1. The Morgan fingerprint density at radius 2 is 2.00 bits per heavy atom. The van der Waals surface area contributed by atoms with Gasteiger partial charge < -0.3 is 5.32 Å². The van der Waals surface area contributed by atoms with Crippen LogP contribution in [0.1, 0.15) is 51.1 Å². The van der Waals surface area contributed by atoms with Crippen molar-refractivity contribution in [2.45, 2.75) is 51.6 Å². The first kappa shape index (κ1) is 11.7. The molecule has 1 aromatic rings. The molecule has 0 aliphatic heterocycles. The highest BCUT2D eigenvalue weighted by atomic mass is 15.0. The van der Waals surface area contributed by atoms with Crippen molar-refractivity contribution in [1.82, 2.24) is 5.32 Å². The Kier molecular flexibility index (Phi) is 4.00. The van der Waals surface area contributed by atoms with Gasteiger partial charge in [0.1, 0.15) is 0 Å². The molecule has 0 amide bonds. The second kappa shape index (κ2) is 5.49. The second-order valence-electron chi connectivity index (χ2n) is 5.00. The normalized spacial score (nSPS) is 26.9. The Bertz CT molecular complexity index is 306. The average molecular weight is 217 g/mol. The van der Waals surface area contributed by atoms with Crippen molar-refractivity contribution in [1.29, 1.82) is 0 Å². The van der Waals surface area contributed by atoms with Gasteiger partial charge in [-0.05, 0) is 31.2 Å². The number of hydrogen-bond acceptors (Lipinski definition) is 1. The predicted molar refractivity (Wildman–Crippen MR) is 69.4 cm³/mol. The maximum absolute atomic E-state index is 3.80. The third-order valence-electron chi connectivity index (χ3n) is 3.95. The molecular weight excluding hydrogens is 194 g/mol. The van der Waals surface area contributed by atoms with Crippen LogP contribution in [0.15, 0.2) is 30.3 Å². The molecule has 0 saturated heterocycles. The summed E-state index contributed by atoms with van der Waals surface area (Å²) in [7, 11) is 0. The summed E-state index contributed by atoms with van der Waals surface area (Å²) in [6.45, 7) is 4.60. The van der Waals surface area contributed by atoms with E-state index in [-0.39, 0.29) is 0 Å². The lowest BCUT2D eigenvalue weighted by atomic mass is 9.98. The van der Waals surface area contributed by atoms with Gasteiger partial charge >= 0.3 is 0 Å². The van der Waals surface area contributed by atoms with E-state index >= 15 is 0 Å². The summed E-state index contributed by atoms with van der Waals surface area (Å²) in [5, 5.41) is 3.80. The number of rotatable bonds is 4. The molecule has 88 valence electrons. The summed E-state index contributed by atoms with van der Waals surface area (Å²) in [5.41, 5.74) is 1.41. The molecule has 1 aromatic carbocycles. The van der Waals surface area contributed by atoms with E-state index in [0.29, 0.717) is 6.04 Å². The maximum atomic E-state index is 3.80. The Morgan fingerprint density at radius 3 is 2.69 bits per heavy atom. The molecule has 16 heavy (non-hydrogen) atoms. The van der Waals surface area contributed by atoms with Crippen LogP contribution in [-0.4, -0.2) is 6.04 Å². The van der Waals surface area contributed by atoms with Crippen LogP contribution in [0.2, 0.25) is 0 Å². The first-order chi connectivity index (χ1) is 7.81. The first-order valence-corrected chi connectivity index (χ1v) is 6.62. The molecule has 1 aliphatic rings. The topological polar surface area (TPSA) is 12.0 Å². The molecular formula is C15H23N. The molecule has 0 bridgehead atoms. The highest BCUT2D eigenvalue weighted by molar-refractivity contribution is 5.18. The van der Waals surface area contributed by atoms with Crippen LogP contribution in [0.25, 0.3) is 0 Å². The Labute approximate surface area is 99.3 Å². The van der Waals surface area contributed by atoms with E-state index in [1.807, 2.05) is 0 Å². The van der Waals surface area contributed by atoms with E-state index in [1.165, 1.54) is 31.2 Å². The lowest BCUT2D eigenvalue weighted by Crippen LogP contribution is -2.34. The third-order valence-corrected chi connectivity index (χ3v) is 3.95. The largest absolute Gasteiger partial charge is 0.307 e. The quantitative estimate of drug-likeness (QED) is 0.806. The van der Waals surface area contributed by atoms with E-state index in [0.717, 1.165) is 12.0 Å². The van der Waals surface area contributed by atoms with Crippen LogP contribution in [-0.2, 0) is 0 Å². The van der Waals surface area contributed by atoms with Crippen molar-refractivity contribution < 1.29 is 0 Å². The van der Waals surface area contributed by atoms with Crippen molar-refractivity contribution in [3.63, 3.8) is 0 Å². The maximum Gasteiger partial charge on any atom is 0.0294 e. The van der Waals surface area contributed by atoms with E-state index in [2.05, 4.69) is 49.5 Å². The molecule has 1 nitrogen and oxygen atoms in total. The van der Waals surface area contributed by atoms with Crippen molar-refractivity contribution in [3.8, 4) is 0 Å². The van der Waals surface area contributed by atoms with Gasteiger partial charge in [0.15, 0.2) is 0 Å². The van der Waals surface area contributed by atoms with E-state index in [9.17, 15) is 0 Å². The van der Waals surface area contributed by atoms with E-state index in [4.69, 9.17) is 0 Å². The number of hydrogen-bond donors (Lipinski definition) is 1. The molecule has 1 heteroatoms. The van der Waals surface area contributed by atoms with Crippen molar-refractivity contribution >= 4 is 0 Å². The molecule has 0 radical (unpaired) electrons. The molecule has 1 aliphatic carbocycles. The molecule has 0 unspecified atom stereocenters. The highest BCUT2D eigenvalue weighted by Gasteiger charge is 2.26. The van der Waals surface area contributed by atoms with Crippen LogP contribution < -0.4 is 5.32 Å². The summed E-state index contributed by atoms with van der Waals surface area (Å²) in [6, 6.07) is 12.0. The second-order valence-corrected chi connectivity index (χ2v) is 5.00. The molecule has 0 spiro atoms. The predicted octanol–water partition coefficient (Wildman–Crippen LogP) is 3.92. The van der Waals surface area contributed by atoms with Crippen molar-refractivity contribution in [3.05, 3.63) is 35.9 Å². The standard InChI is InChI=1S/C15H23N/c1-3-13-10-7-11-15(13)16-12(2)14-8-5-4-6-9-14/h4-6,8-9,12-13,15-16H,3,7,10-11H2,1-2H3/t12-,13+,15-/m1/s1. The van der Waals surface area contributed by atoms with Gasteiger partial charge in [0, 0.05) is 12.1 Å². The Morgan fingerprint density at radius 1 is 1.25 bits per heavy atom. The number of benzene rings is 1. The van der Waals surface area contributed by atoms with Gasteiger partial charge in [-0.15, -0.1) is 0 Å². The van der Waals surface area contributed by atoms with Crippen LogP contribution >= 0.6 is 0 Å². The average Bonchev–Trinajstić information content (AvgIpc) is 2.77. The fraction of sp³-hybridized carbons (Fsp3) is 0.600. The van der Waals surface area contributed by atoms with Crippen molar-refractivity contribution in [2.24, 2.45) is 5.92 Å². The van der Waals surface area contributed by atoms with Crippen molar-refractivity contribution in [2.75, 3.05) is 0 Å². The zero-order chi connectivity index (χ0) is 11.4. The summed E-state index contributed by atoms with van der Waals surface area (Å²) >= 11 is 0. The third kappa shape index (κ3) is 2.65. The monoisotopic (exact) mass is 217 g/mol. The Hall–Kier alpha value is -0.820. The van der Waals surface area contributed by atoms with Gasteiger partial charge in [-0.3, -0.25) is 0 Å². The molecule has 1 N–H and O–H groups in total. The smallest absolute Gasteiger partial charge is 0.0294 e. The summed E-state index contributed by atoms with van der Waals surface area (Å²) < 4.78 is 0. The fourth-order valence-corrected chi connectivity index (χ4v) is 2.90. The van der Waals surface area contributed by atoms with E-state index < -0.39 is 0 Å². The van der Waals surface area contributed by atoms with Crippen LogP contribution in [0, 0.1) is 5.92 Å². The van der Waals surface area contributed by atoms with Gasteiger partial charge in [-0.25, -0.2) is 0 Å². The molecule has 1 fully saturated rings.